The van der Waals surface area contributed by atoms with Crippen LogP contribution in [0.2, 0.25) is 0 Å². The second kappa shape index (κ2) is 4.96. The highest BCUT2D eigenvalue weighted by molar-refractivity contribution is 5.60. The molecule has 2 unspecified atom stereocenters. The minimum absolute atomic E-state index is 0.192. The zero-order chi connectivity index (χ0) is 12.4. The summed E-state index contributed by atoms with van der Waals surface area (Å²) in [6.07, 6.45) is 0.192. The van der Waals surface area contributed by atoms with Crippen molar-refractivity contribution in [3.8, 4) is 5.75 Å². The Hall–Kier alpha value is -1.22. The molecule has 2 N–H and O–H groups in total. The van der Waals surface area contributed by atoms with E-state index in [1.54, 1.807) is 0 Å². The molecule has 3 nitrogen and oxygen atoms in total. The fraction of sp³-hybridized carbons (Fsp3) is 0.571. The highest BCUT2D eigenvalue weighted by atomic mass is 16.5. The first-order chi connectivity index (χ1) is 8.11. The lowest BCUT2D eigenvalue weighted by Gasteiger charge is -2.33. The van der Waals surface area contributed by atoms with Gasteiger partial charge in [-0.3, -0.25) is 0 Å². The van der Waals surface area contributed by atoms with Crippen LogP contribution in [-0.2, 0) is 0 Å². The third kappa shape index (κ3) is 2.55. The largest absolute Gasteiger partial charge is 0.485 e. The Bertz CT molecular complexity index is 390. The van der Waals surface area contributed by atoms with E-state index in [0.29, 0.717) is 12.0 Å². The number of ether oxygens (including phenoxy) is 1. The van der Waals surface area contributed by atoms with Gasteiger partial charge in [0.05, 0.1) is 11.7 Å². The van der Waals surface area contributed by atoms with Crippen molar-refractivity contribution >= 4 is 5.69 Å². The summed E-state index contributed by atoms with van der Waals surface area (Å²) in [5, 5.41) is 6.69. The van der Waals surface area contributed by atoms with Crippen LogP contribution in [0.3, 0.4) is 0 Å². The maximum atomic E-state index is 5.99. The number of hydrogen-bond acceptors (Lipinski definition) is 3. The van der Waals surface area contributed by atoms with Crippen LogP contribution in [0.15, 0.2) is 18.2 Å². The Morgan fingerprint density at radius 3 is 2.82 bits per heavy atom. The molecule has 1 aromatic rings. The van der Waals surface area contributed by atoms with Crippen molar-refractivity contribution in [3.63, 3.8) is 0 Å². The Morgan fingerprint density at radius 2 is 2.18 bits per heavy atom. The van der Waals surface area contributed by atoms with Gasteiger partial charge in [-0.2, -0.15) is 0 Å². The molecule has 0 radical (unpaired) electrons. The molecular formula is C14H22N2O. The SMILES string of the molecule is CNCC1Oc2ccc(C(C)C)cc2NC1C. The van der Waals surface area contributed by atoms with Gasteiger partial charge in [0.25, 0.3) is 0 Å². The van der Waals surface area contributed by atoms with Gasteiger partial charge < -0.3 is 15.4 Å². The topological polar surface area (TPSA) is 33.3 Å². The second-order valence-electron chi connectivity index (χ2n) is 5.06. The van der Waals surface area contributed by atoms with Crippen molar-refractivity contribution in [1.82, 2.24) is 5.32 Å². The van der Waals surface area contributed by atoms with E-state index >= 15 is 0 Å². The van der Waals surface area contributed by atoms with Crippen LogP contribution in [0.1, 0.15) is 32.3 Å². The molecule has 0 saturated heterocycles. The molecule has 1 heterocycles. The lowest BCUT2D eigenvalue weighted by atomic mass is 10.0. The standard InChI is InChI=1S/C14H22N2O/c1-9(2)11-5-6-13-12(7-11)16-10(3)14(17-13)8-15-4/h5-7,9-10,14-16H,8H2,1-4H3. The average Bonchev–Trinajstić information content (AvgIpc) is 2.29. The molecule has 0 saturated carbocycles. The van der Waals surface area contributed by atoms with Crippen LogP contribution in [0.5, 0.6) is 5.75 Å². The van der Waals surface area contributed by atoms with E-state index in [9.17, 15) is 0 Å². The van der Waals surface area contributed by atoms with E-state index in [1.165, 1.54) is 5.56 Å². The number of likely N-dealkylation sites (N-methyl/N-ethyl adjacent to an activating group) is 1. The van der Waals surface area contributed by atoms with Gasteiger partial charge in [-0.15, -0.1) is 0 Å². The summed E-state index contributed by atoms with van der Waals surface area (Å²) in [4.78, 5) is 0. The first-order valence-electron chi connectivity index (χ1n) is 6.33. The lowest BCUT2D eigenvalue weighted by molar-refractivity contribution is 0.174. The maximum Gasteiger partial charge on any atom is 0.143 e. The van der Waals surface area contributed by atoms with Gasteiger partial charge in [0.1, 0.15) is 11.9 Å². The molecule has 0 aliphatic carbocycles. The summed E-state index contributed by atoms with van der Waals surface area (Å²) < 4.78 is 5.99. The number of hydrogen-bond donors (Lipinski definition) is 2. The van der Waals surface area contributed by atoms with E-state index < -0.39 is 0 Å². The summed E-state index contributed by atoms with van der Waals surface area (Å²) in [5.41, 5.74) is 2.47. The molecule has 1 aromatic carbocycles. The summed E-state index contributed by atoms with van der Waals surface area (Å²) in [6, 6.07) is 6.76. The molecule has 94 valence electrons. The average molecular weight is 234 g/mol. The highest BCUT2D eigenvalue weighted by Gasteiger charge is 2.25. The Kier molecular flexibility index (Phi) is 3.57. The number of benzene rings is 1. The normalized spacial score (nSPS) is 22.9. The lowest BCUT2D eigenvalue weighted by Crippen LogP contribution is -2.45. The molecule has 0 aromatic heterocycles. The van der Waals surface area contributed by atoms with Crippen LogP contribution in [0.25, 0.3) is 0 Å². The van der Waals surface area contributed by atoms with Crippen molar-refractivity contribution in [1.29, 1.82) is 0 Å². The van der Waals surface area contributed by atoms with Crippen LogP contribution in [0, 0.1) is 0 Å². The molecule has 0 spiro atoms. The van der Waals surface area contributed by atoms with E-state index in [4.69, 9.17) is 4.74 Å². The highest BCUT2D eigenvalue weighted by Crippen LogP contribution is 2.33. The van der Waals surface area contributed by atoms with Crippen LogP contribution >= 0.6 is 0 Å². The third-order valence-electron chi connectivity index (χ3n) is 3.29. The van der Waals surface area contributed by atoms with Gasteiger partial charge in [0.15, 0.2) is 0 Å². The Labute approximate surface area is 104 Å². The van der Waals surface area contributed by atoms with Crippen molar-refractivity contribution in [2.75, 3.05) is 18.9 Å². The molecule has 0 fully saturated rings. The zero-order valence-corrected chi connectivity index (χ0v) is 11.1. The van der Waals surface area contributed by atoms with Gasteiger partial charge in [0.2, 0.25) is 0 Å². The van der Waals surface area contributed by atoms with Crippen molar-refractivity contribution in [2.45, 2.75) is 38.8 Å². The number of fused-ring (bicyclic) bond motifs is 1. The van der Waals surface area contributed by atoms with Gasteiger partial charge in [0, 0.05) is 6.54 Å². The zero-order valence-electron chi connectivity index (χ0n) is 11.1. The van der Waals surface area contributed by atoms with Gasteiger partial charge in [-0.25, -0.2) is 0 Å². The predicted octanol–water partition coefficient (Wildman–Crippen LogP) is 2.59. The summed E-state index contributed by atoms with van der Waals surface area (Å²) in [6.45, 7) is 7.43. The third-order valence-corrected chi connectivity index (χ3v) is 3.29. The smallest absolute Gasteiger partial charge is 0.143 e. The molecule has 0 amide bonds. The van der Waals surface area contributed by atoms with Crippen molar-refractivity contribution in [2.24, 2.45) is 0 Å². The Balaban J connectivity index is 2.22. The molecule has 17 heavy (non-hydrogen) atoms. The molecule has 1 aliphatic heterocycles. The molecule has 0 bridgehead atoms. The van der Waals surface area contributed by atoms with E-state index in [-0.39, 0.29) is 6.10 Å². The molecular weight excluding hydrogens is 212 g/mol. The molecule has 3 heteroatoms. The summed E-state index contributed by atoms with van der Waals surface area (Å²) >= 11 is 0. The van der Waals surface area contributed by atoms with Crippen LogP contribution < -0.4 is 15.4 Å². The van der Waals surface area contributed by atoms with E-state index in [1.807, 2.05) is 7.05 Å². The molecule has 2 atom stereocenters. The Morgan fingerprint density at radius 1 is 1.41 bits per heavy atom. The fourth-order valence-electron chi connectivity index (χ4n) is 2.15. The number of nitrogens with one attached hydrogen (secondary N) is 2. The monoisotopic (exact) mass is 234 g/mol. The molecule has 1 aliphatic rings. The first kappa shape index (κ1) is 12.2. The van der Waals surface area contributed by atoms with Crippen LogP contribution in [0.4, 0.5) is 5.69 Å². The number of rotatable bonds is 3. The first-order valence-corrected chi connectivity index (χ1v) is 6.33. The molecule has 2 rings (SSSR count). The minimum atomic E-state index is 0.192. The minimum Gasteiger partial charge on any atom is -0.485 e. The van der Waals surface area contributed by atoms with Gasteiger partial charge in [-0.1, -0.05) is 19.9 Å². The quantitative estimate of drug-likeness (QED) is 0.843. The fourth-order valence-corrected chi connectivity index (χ4v) is 2.15. The van der Waals surface area contributed by atoms with E-state index in [2.05, 4.69) is 49.6 Å². The summed E-state index contributed by atoms with van der Waals surface area (Å²) in [5.74, 6) is 1.51. The predicted molar refractivity (Wildman–Crippen MR) is 72.0 cm³/mol. The van der Waals surface area contributed by atoms with Crippen LogP contribution in [-0.4, -0.2) is 25.7 Å². The summed E-state index contributed by atoms with van der Waals surface area (Å²) in [7, 11) is 1.95. The van der Waals surface area contributed by atoms with Gasteiger partial charge >= 0.3 is 0 Å². The maximum absolute atomic E-state index is 5.99. The van der Waals surface area contributed by atoms with Crippen molar-refractivity contribution in [3.05, 3.63) is 23.8 Å². The van der Waals surface area contributed by atoms with Gasteiger partial charge in [-0.05, 0) is 37.6 Å². The van der Waals surface area contributed by atoms with Crippen molar-refractivity contribution < 1.29 is 4.74 Å². The number of anilines is 1. The van der Waals surface area contributed by atoms with E-state index in [0.717, 1.165) is 18.0 Å². The second-order valence-corrected chi connectivity index (χ2v) is 5.06.